The third-order valence-electron chi connectivity index (χ3n) is 6.96. The monoisotopic (exact) mass is 445 g/mol. The fourth-order valence-corrected chi connectivity index (χ4v) is 5.11. The molecule has 0 spiro atoms. The SMILES string of the molecule is O=C(Nc1cc(NC(=O)C2CCCCC2)cc(-c2nc3ccccc3o2)c1)C1CCCCC1. The molecule has 2 fully saturated rings. The molecule has 172 valence electrons. The second-order valence-electron chi connectivity index (χ2n) is 9.43. The lowest BCUT2D eigenvalue weighted by Crippen LogP contribution is -2.26. The molecular formula is C27H31N3O3. The number of oxazole rings is 1. The number of para-hydroxylation sites is 2. The highest BCUT2D eigenvalue weighted by atomic mass is 16.3. The Balaban J connectivity index is 1.43. The number of rotatable bonds is 5. The van der Waals surface area contributed by atoms with Gasteiger partial charge in [0, 0.05) is 28.8 Å². The van der Waals surface area contributed by atoms with E-state index < -0.39 is 0 Å². The van der Waals surface area contributed by atoms with Gasteiger partial charge in [-0.2, -0.15) is 0 Å². The maximum atomic E-state index is 12.9. The first-order valence-corrected chi connectivity index (χ1v) is 12.3. The summed E-state index contributed by atoms with van der Waals surface area (Å²) >= 11 is 0. The van der Waals surface area contributed by atoms with Gasteiger partial charge in [-0.3, -0.25) is 9.59 Å². The van der Waals surface area contributed by atoms with E-state index in [1.807, 2.05) is 42.5 Å². The third-order valence-corrected chi connectivity index (χ3v) is 6.96. The number of amides is 2. The van der Waals surface area contributed by atoms with E-state index in [0.29, 0.717) is 22.8 Å². The van der Waals surface area contributed by atoms with Gasteiger partial charge in [-0.15, -0.1) is 0 Å². The van der Waals surface area contributed by atoms with Crippen molar-refractivity contribution in [1.29, 1.82) is 0 Å². The molecule has 0 unspecified atom stereocenters. The molecule has 0 radical (unpaired) electrons. The van der Waals surface area contributed by atoms with E-state index in [4.69, 9.17) is 4.42 Å². The lowest BCUT2D eigenvalue weighted by Gasteiger charge is -2.22. The topological polar surface area (TPSA) is 84.2 Å². The number of anilines is 2. The Kier molecular flexibility index (Phi) is 6.42. The summed E-state index contributed by atoms with van der Waals surface area (Å²) in [6, 6.07) is 13.2. The number of hydrogen-bond donors (Lipinski definition) is 2. The number of nitrogens with one attached hydrogen (secondary N) is 2. The molecule has 33 heavy (non-hydrogen) atoms. The van der Waals surface area contributed by atoms with Crippen LogP contribution in [0.4, 0.5) is 11.4 Å². The van der Waals surface area contributed by atoms with Crippen molar-refractivity contribution in [3.05, 3.63) is 42.5 Å². The first kappa shape index (κ1) is 21.7. The van der Waals surface area contributed by atoms with Crippen LogP contribution in [0.25, 0.3) is 22.6 Å². The van der Waals surface area contributed by atoms with Crippen LogP contribution in [-0.4, -0.2) is 16.8 Å². The van der Waals surface area contributed by atoms with Crippen molar-refractivity contribution in [2.75, 3.05) is 10.6 Å². The Morgan fingerprint density at radius 3 is 1.85 bits per heavy atom. The molecule has 6 heteroatoms. The van der Waals surface area contributed by atoms with Crippen molar-refractivity contribution in [3.63, 3.8) is 0 Å². The lowest BCUT2D eigenvalue weighted by molar-refractivity contribution is -0.121. The van der Waals surface area contributed by atoms with Crippen molar-refractivity contribution in [2.24, 2.45) is 11.8 Å². The standard InChI is InChI=1S/C27H31N3O3/c31-25(18-9-3-1-4-10-18)28-21-15-20(27-30-23-13-7-8-14-24(23)33-27)16-22(17-21)29-26(32)19-11-5-2-6-12-19/h7-8,13-19H,1-6,9-12H2,(H,28,31)(H,29,32). The van der Waals surface area contributed by atoms with Crippen LogP contribution in [0.1, 0.15) is 64.2 Å². The van der Waals surface area contributed by atoms with Gasteiger partial charge in [0.25, 0.3) is 0 Å². The van der Waals surface area contributed by atoms with E-state index in [1.165, 1.54) is 12.8 Å². The van der Waals surface area contributed by atoms with Gasteiger partial charge in [-0.05, 0) is 56.0 Å². The van der Waals surface area contributed by atoms with Crippen LogP contribution in [0.3, 0.4) is 0 Å². The maximum absolute atomic E-state index is 12.9. The Bertz CT molecular complexity index is 1060. The summed E-state index contributed by atoms with van der Waals surface area (Å²) in [5, 5.41) is 6.18. The van der Waals surface area contributed by atoms with E-state index >= 15 is 0 Å². The van der Waals surface area contributed by atoms with Crippen molar-refractivity contribution in [2.45, 2.75) is 64.2 Å². The van der Waals surface area contributed by atoms with E-state index in [9.17, 15) is 9.59 Å². The summed E-state index contributed by atoms with van der Waals surface area (Å²) in [5.74, 6) is 0.667. The van der Waals surface area contributed by atoms with Crippen molar-refractivity contribution < 1.29 is 14.0 Å². The highest BCUT2D eigenvalue weighted by molar-refractivity contribution is 5.97. The molecule has 2 aliphatic carbocycles. The predicted octanol–water partition coefficient (Wildman–Crippen LogP) is 6.53. The van der Waals surface area contributed by atoms with Crippen LogP contribution in [0.2, 0.25) is 0 Å². The Hall–Kier alpha value is -3.15. The third kappa shape index (κ3) is 5.10. The van der Waals surface area contributed by atoms with Gasteiger partial charge in [-0.1, -0.05) is 50.7 Å². The number of fused-ring (bicyclic) bond motifs is 1. The number of benzene rings is 2. The minimum Gasteiger partial charge on any atom is -0.436 e. The molecular weight excluding hydrogens is 414 g/mol. The molecule has 2 aromatic carbocycles. The van der Waals surface area contributed by atoms with Crippen molar-refractivity contribution in [1.82, 2.24) is 4.98 Å². The highest BCUT2D eigenvalue weighted by Gasteiger charge is 2.23. The van der Waals surface area contributed by atoms with Crippen LogP contribution in [0, 0.1) is 11.8 Å². The number of carbonyl (C=O) groups excluding carboxylic acids is 2. The van der Waals surface area contributed by atoms with Gasteiger partial charge < -0.3 is 15.1 Å². The average Bonchev–Trinajstić information content (AvgIpc) is 3.29. The summed E-state index contributed by atoms with van der Waals surface area (Å²) in [4.78, 5) is 30.4. The molecule has 1 aromatic heterocycles. The quantitative estimate of drug-likeness (QED) is 0.467. The molecule has 2 aliphatic rings. The molecule has 2 saturated carbocycles. The van der Waals surface area contributed by atoms with Gasteiger partial charge in [0.05, 0.1) is 0 Å². The van der Waals surface area contributed by atoms with Gasteiger partial charge in [0.2, 0.25) is 17.7 Å². The Labute approximate surface area is 194 Å². The second-order valence-corrected chi connectivity index (χ2v) is 9.43. The van der Waals surface area contributed by atoms with Gasteiger partial charge in [0.1, 0.15) is 5.52 Å². The zero-order chi connectivity index (χ0) is 22.6. The summed E-state index contributed by atoms with van der Waals surface area (Å²) in [5.41, 5.74) is 3.52. The molecule has 0 saturated heterocycles. The minimum absolute atomic E-state index is 0.0482. The smallest absolute Gasteiger partial charge is 0.227 e. The molecule has 5 rings (SSSR count). The Morgan fingerprint density at radius 1 is 0.758 bits per heavy atom. The highest BCUT2D eigenvalue weighted by Crippen LogP contribution is 2.32. The van der Waals surface area contributed by atoms with Crippen LogP contribution in [0.5, 0.6) is 0 Å². The normalized spacial score (nSPS) is 17.7. The average molecular weight is 446 g/mol. The number of nitrogens with zero attached hydrogens (tertiary/aromatic N) is 1. The van der Waals surface area contributed by atoms with Crippen LogP contribution in [-0.2, 0) is 9.59 Å². The first-order chi connectivity index (χ1) is 16.2. The molecule has 0 aliphatic heterocycles. The summed E-state index contributed by atoms with van der Waals surface area (Å²) < 4.78 is 5.97. The zero-order valence-corrected chi connectivity index (χ0v) is 18.9. The molecule has 6 nitrogen and oxygen atoms in total. The second kappa shape index (κ2) is 9.77. The lowest BCUT2D eigenvalue weighted by atomic mass is 9.88. The van der Waals surface area contributed by atoms with E-state index in [2.05, 4.69) is 15.6 Å². The predicted molar refractivity (Wildman–Crippen MR) is 130 cm³/mol. The molecule has 0 bridgehead atoms. The van der Waals surface area contributed by atoms with E-state index in [0.717, 1.165) is 62.4 Å². The number of carbonyl (C=O) groups is 2. The van der Waals surface area contributed by atoms with Crippen molar-refractivity contribution >= 4 is 34.3 Å². The fraction of sp³-hybridized carbons (Fsp3) is 0.444. The molecule has 2 N–H and O–H groups in total. The zero-order valence-electron chi connectivity index (χ0n) is 18.9. The van der Waals surface area contributed by atoms with Crippen LogP contribution < -0.4 is 10.6 Å². The van der Waals surface area contributed by atoms with Crippen LogP contribution in [0.15, 0.2) is 46.9 Å². The summed E-state index contributed by atoms with van der Waals surface area (Å²) in [6.45, 7) is 0. The Morgan fingerprint density at radius 2 is 1.30 bits per heavy atom. The molecule has 0 atom stereocenters. The summed E-state index contributed by atoms with van der Waals surface area (Å²) in [6.07, 6.45) is 10.5. The number of hydrogen-bond acceptors (Lipinski definition) is 4. The minimum atomic E-state index is 0.0482. The maximum Gasteiger partial charge on any atom is 0.227 e. The van der Waals surface area contributed by atoms with Gasteiger partial charge >= 0.3 is 0 Å². The van der Waals surface area contributed by atoms with Crippen molar-refractivity contribution in [3.8, 4) is 11.5 Å². The summed E-state index contributed by atoms with van der Waals surface area (Å²) in [7, 11) is 0. The number of aromatic nitrogens is 1. The largest absolute Gasteiger partial charge is 0.436 e. The van der Waals surface area contributed by atoms with E-state index in [-0.39, 0.29) is 23.7 Å². The van der Waals surface area contributed by atoms with E-state index in [1.54, 1.807) is 0 Å². The fourth-order valence-electron chi connectivity index (χ4n) is 5.11. The molecule has 1 heterocycles. The van der Waals surface area contributed by atoms with Gasteiger partial charge in [-0.25, -0.2) is 4.98 Å². The van der Waals surface area contributed by atoms with Gasteiger partial charge in [0.15, 0.2) is 5.58 Å². The molecule has 3 aromatic rings. The molecule has 2 amide bonds. The first-order valence-electron chi connectivity index (χ1n) is 12.3. The van der Waals surface area contributed by atoms with Crippen LogP contribution >= 0.6 is 0 Å².